The first-order valence-corrected chi connectivity index (χ1v) is 30.9. The average Bonchev–Trinajstić information content (AvgIpc) is 3.35. The van der Waals surface area contributed by atoms with Gasteiger partial charge in [0.05, 0.1) is 0 Å². The summed E-state index contributed by atoms with van der Waals surface area (Å²) in [5.41, 5.74) is 0. The lowest BCUT2D eigenvalue weighted by molar-refractivity contribution is -0.167. The molecule has 0 aliphatic heterocycles. The van der Waals surface area contributed by atoms with Gasteiger partial charge in [0, 0.05) is 19.3 Å². The normalized spacial score (nSPS) is 12.1. The number of unbranched alkanes of at least 4 members (excludes halogenated alkanes) is 43. The second-order valence-corrected chi connectivity index (χ2v) is 21.0. The van der Waals surface area contributed by atoms with Crippen molar-refractivity contribution >= 4 is 17.9 Å². The van der Waals surface area contributed by atoms with Gasteiger partial charge in [-0.3, -0.25) is 14.4 Å². The van der Waals surface area contributed by atoms with Crippen molar-refractivity contribution < 1.29 is 28.6 Å². The first-order valence-electron chi connectivity index (χ1n) is 30.9. The van der Waals surface area contributed by atoms with Gasteiger partial charge in [-0.2, -0.15) is 0 Å². The summed E-state index contributed by atoms with van der Waals surface area (Å²) >= 11 is 0. The Labute approximate surface area is 430 Å². The summed E-state index contributed by atoms with van der Waals surface area (Å²) in [6.07, 6.45) is 68.9. The number of carbonyl (C=O) groups excluding carboxylic acids is 3. The molecule has 1 atom stereocenters. The molecule has 6 nitrogen and oxygen atoms in total. The summed E-state index contributed by atoms with van der Waals surface area (Å²) in [4.78, 5) is 38.2. The van der Waals surface area contributed by atoms with E-state index in [1.165, 1.54) is 238 Å². The highest BCUT2D eigenvalue weighted by Gasteiger charge is 2.19. The largest absolute Gasteiger partial charge is 0.462 e. The molecule has 0 fully saturated rings. The van der Waals surface area contributed by atoms with E-state index < -0.39 is 6.10 Å². The Bertz CT molecular complexity index is 1110. The molecule has 0 N–H and O–H groups in total. The van der Waals surface area contributed by atoms with Crippen molar-refractivity contribution in [2.75, 3.05) is 13.2 Å². The van der Waals surface area contributed by atoms with Crippen LogP contribution in [0.25, 0.3) is 0 Å². The summed E-state index contributed by atoms with van der Waals surface area (Å²) in [7, 11) is 0. The Balaban J connectivity index is 4.32. The fraction of sp³-hybridized carbons (Fsp3) is 0.889. The van der Waals surface area contributed by atoms with E-state index >= 15 is 0 Å². The van der Waals surface area contributed by atoms with Crippen LogP contribution in [0.1, 0.15) is 342 Å². The fourth-order valence-electron chi connectivity index (χ4n) is 9.32. The number of hydrogen-bond donors (Lipinski definition) is 0. The van der Waals surface area contributed by atoms with Crippen LogP contribution in [-0.4, -0.2) is 37.2 Å². The van der Waals surface area contributed by atoms with Crippen LogP contribution >= 0.6 is 0 Å². The molecular formula is C63H118O6. The summed E-state index contributed by atoms with van der Waals surface area (Å²) in [6.45, 7) is 6.67. The van der Waals surface area contributed by atoms with Gasteiger partial charge in [0.25, 0.3) is 0 Å². The smallest absolute Gasteiger partial charge is 0.306 e. The predicted molar refractivity (Wildman–Crippen MR) is 298 cm³/mol. The van der Waals surface area contributed by atoms with Gasteiger partial charge in [0.15, 0.2) is 6.10 Å². The monoisotopic (exact) mass is 971 g/mol. The molecule has 0 amide bonds. The minimum atomic E-state index is -0.771. The topological polar surface area (TPSA) is 78.9 Å². The second-order valence-electron chi connectivity index (χ2n) is 21.0. The summed E-state index contributed by atoms with van der Waals surface area (Å²) < 4.78 is 16.9. The summed E-state index contributed by atoms with van der Waals surface area (Å²) in [5.74, 6) is -0.855. The molecule has 1 unspecified atom stereocenters. The van der Waals surface area contributed by atoms with Crippen molar-refractivity contribution in [3.63, 3.8) is 0 Å². The molecule has 0 bridgehead atoms. The standard InChI is InChI=1S/C63H118O6/c1-4-7-10-13-16-19-22-25-28-30-32-35-38-41-44-47-50-53-56-62(65)68-59-60(58-67-61(64)55-52-49-46-43-40-37-34-27-24-21-18-15-12-9-6-3)69-63(66)57-54-51-48-45-42-39-36-33-31-29-26-23-20-17-14-11-8-5-2/h18,21,24,27,60H,4-17,19-20,22-23,25-26,28-59H2,1-3H3/b21-18-,27-24-. The Morgan fingerprint density at radius 3 is 0.797 bits per heavy atom. The van der Waals surface area contributed by atoms with Gasteiger partial charge in [-0.25, -0.2) is 0 Å². The lowest BCUT2D eigenvalue weighted by Crippen LogP contribution is -2.30. The highest BCUT2D eigenvalue weighted by atomic mass is 16.6. The van der Waals surface area contributed by atoms with E-state index in [0.717, 1.165) is 64.2 Å². The van der Waals surface area contributed by atoms with Crippen LogP contribution in [0.3, 0.4) is 0 Å². The van der Waals surface area contributed by atoms with Gasteiger partial charge in [-0.15, -0.1) is 0 Å². The molecule has 406 valence electrons. The van der Waals surface area contributed by atoms with Crippen LogP contribution in [0.15, 0.2) is 24.3 Å². The molecule has 0 heterocycles. The molecule has 6 heteroatoms. The Morgan fingerprint density at radius 2 is 0.507 bits per heavy atom. The fourth-order valence-corrected chi connectivity index (χ4v) is 9.32. The van der Waals surface area contributed by atoms with Crippen molar-refractivity contribution in [2.45, 2.75) is 348 Å². The SMILES string of the molecule is CCCCC/C=C\C=C/CCCCCCCCC(=O)OCC(COC(=O)CCCCCCCCCCCCCCCCCCCC)OC(=O)CCCCCCCCCCCCCCCCCCCC. The number of esters is 3. The molecular weight excluding hydrogens is 853 g/mol. The minimum absolute atomic E-state index is 0.0690. The number of hydrogen-bond acceptors (Lipinski definition) is 6. The molecule has 0 aromatic rings. The first kappa shape index (κ1) is 66.9. The molecule has 0 saturated heterocycles. The van der Waals surface area contributed by atoms with Crippen LogP contribution in [0.5, 0.6) is 0 Å². The predicted octanol–water partition coefficient (Wildman–Crippen LogP) is 20.7. The van der Waals surface area contributed by atoms with E-state index in [1.807, 2.05) is 0 Å². The van der Waals surface area contributed by atoms with E-state index in [1.54, 1.807) is 0 Å². The quantitative estimate of drug-likeness (QED) is 0.0261. The summed E-state index contributed by atoms with van der Waals surface area (Å²) in [5, 5.41) is 0. The molecule has 69 heavy (non-hydrogen) atoms. The molecule has 0 radical (unpaired) electrons. The zero-order valence-corrected chi connectivity index (χ0v) is 46.6. The van der Waals surface area contributed by atoms with Crippen molar-refractivity contribution in [1.82, 2.24) is 0 Å². The third-order valence-electron chi connectivity index (χ3n) is 14.0. The van der Waals surface area contributed by atoms with E-state index in [2.05, 4.69) is 45.1 Å². The van der Waals surface area contributed by atoms with Crippen molar-refractivity contribution in [1.29, 1.82) is 0 Å². The van der Waals surface area contributed by atoms with Crippen LogP contribution < -0.4 is 0 Å². The molecule has 0 aliphatic rings. The molecule has 0 spiro atoms. The van der Waals surface area contributed by atoms with E-state index in [0.29, 0.717) is 19.3 Å². The van der Waals surface area contributed by atoms with E-state index in [-0.39, 0.29) is 31.1 Å². The third kappa shape index (κ3) is 56.7. The van der Waals surface area contributed by atoms with Gasteiger partial charge < -0.3 is 14.2 Å². The molecule has 0 aromatic carbocycles. The summed E-state index contributed by atoms with van der Waals surface area (Å²) in [6, 6.07) is 0. The number of ether oxygens (including phenoxy) is 3. The molecule has 0 rings (SSSR count). The Morgan fingerprint density at radius 1 is 0.290 bits per heavy atom. The van der Waals surface area contributed by atoms with Crippen molar-refractivity contribution in [3.05, 3.63) is 24.3 Å². The van der Waals surface area contributed by atoms with Crippen LogP contribution in [0.2, 0.25) is 0 Å². The maximum Gasteiger partial charge on any atom is 0.306 e. The van der Waals surface area contributed by atoms with Crippen LogP contribution in [-0.2, 0) is 28.6 Å². The van der Waals surface area contributed by atoms with Crippen molar-refractivity contribution in [2.24, 2.45) is 0 Å². The number of allylic oxidation sites excluding steroid dienone is 4. The zero-order chi connectivity index (χ0) is 50.0. The Hall–Kier alpha value is -2.11. The highest BCUT2D eigenvalue weighted by Crippen LogP contribution is 2.18. The molecule has 0 aliphatic carbocycles. The maximum absolute atomic E-state index is 12.9. The molecule has 0 aromatic heterocycles. The van der Waals surface area contributed by atoms with Gasteiger partial charge in [0.1, 0.15) is 13.2 Å². The van der Waals surface area contributed by atoms with Crippen LogP contribution in [0.4, 0.5) is 0 Å². The van der Waals surface area contributed by atoms with Gasteiger partial charge in [0.2, 0.25) is 0 Å². The first-order chi connectivity index (χ1) is 34.0. The number of carbonyl (C=O) groups is 3. The molecule has 0 saturated carbocycles. The lowest BCUT2D eigenvalue weighted by atomic mass is 10.0. The van der Waals surface area contributed by atoms with Gasteiger partial charge >= 0.3 is 17.9 Å². The third-order valence-corrected chi connectivity index (χ3v) is 14.0. The number of rotatable bonds is 57. The Kier molecular flexibility index (Phi) is 56.7. The maximum atomic E-state index is 12.9. The van der Waals surface area contributed by atoms with Gasteiger partial charge in [-0.1, -0.05) is 302 Å². The van der Waals surface area contributed by atoms with E-state index in [4.69, 9.17) is 14.2 Å². The second kappa shape index (κ2) is 58.5. The minimum Gasteiger partial charge on any atom is -0.462 e. The lowest BCUT2D eigenvalue weighted by Gasteiger charge is -2.18. The average molecular weight is 972 g/mol. The van der Waals surface area contributed by atoms with Crippen molar-refractivity contribution in [3.8, 4) is 0 Å². The van der Waals surface area contributed by atoms with Crippen LogP contribution in [0, 0.1) is 0 Å². The highest BCUT2D eigenvalue weighted by molar-refractivity contribution is 5.71. The van der Waals surface area contributed by atoms with E-state index in [9.17, 15) is 14.4 Å². The van der Waals surface area contributed by atoms with Gasteiger partial charge in [-0.05, 0) is 44.9 Å². The zero-order valence-electron chi connectivity index (χ0n) is 46.6.